The lowest BCUT2D eigenvalue weighted by Crippen LogP contribution is -2.23. The van der Waals surface area contributed by atoms with Gasteiger partial charge in [0.2, 0.25) is 11.7 Å². The van der Waals surface area contributed by atoms with Gasteiger partial charge in [0.1, 0.15) is 0 Å². The summed E-state index contributed by atoms with van der Waals surface area (Å²) in [7, 11) is 0. The van der Waals surface area contributed by atoms with Crippen LogP contribution in [0.4, 0.5) is 5.13 Å². The maximum Gasteiger partial charge on any atom is 0.296 e. The van der Waals surface area contributed by atoms with E-state index in [1.54, 1.807) is 6.07 Å². The van der Waals surface area contributed by atoms with Gasteiger partial charge in [-0.25, -0.2) is 4.98 Å². The quantitative estimate of drug-likeness (QED) is 0.642. The van der Waals surface area contributed by atoms with Gasteiger partial charge in [0.05, 0.1) is 17.4 Å². The summed E-state index contributed by atoms with van der Waals surface area (Å²) in [5.74, 6) is -0.0895. The standard InChI is InChI=1S/C20H22N4O3S/c1-11(2)16-9-18(27-24-16)19(26)23-20-22-17(10-28-20)15-7-5-14(6-8-15)12(3)21-13(4)25/h5-12H,1-4H3,(H,21,25)(H,22,23,26)/t12-/m1/s1. The van der Waals surface area contributed by atoms with E-state index in [0.717, 1.165) is 22.5 Å². The largest absolute Gasteiger partial charge is 0.351 e. The zero-order chi connectivity index (χ0) is 20.3. The molecule has 7 nitrogen and oxygen atoms in total. The predicted octanol–water partition coefficient (Wildman–Crippen LogP) is 4.37. The Bertz CT molecular complexity index is 976. The van der Waals surface area contributed by atoms with Gasteiger partial charge in [0.15, 0.2) is 5.13 Å². The molecule has 0 saturated heterocycles. The van der Waals surface area contributed by atoms with E-state index in [1.807, 2.05) is 50.4 Å². The number of benzene rings is 1. The summed E-state index contributed by atoms with van der Waals surface area (Å²) >= 11 is 1.34. The van der Waals surface area contributed by atoms with Crippen LogP contribution in [0.15, 0.2) is 40.2 Å². The second-order valence-electron chi connectivity index (χ2n) is 6.81. The summed E-state index contributed by atoms with van der Waals surface area (Å²) in [6.45, 7) is 7.39. The number of nitrogens with zero attached hydrogens (tertiary/aromatic N) is 2. The number of nitrogens with one attached hydrogen (secondary N) is 2. The van der Waals surface area contributed by atoms with Crippen LogP contribution in [0.25, 0.3) is 11.3 Å². The van der Waals surface area contributed by atoms with Crippen molar-refractivity contribution in [2.24, 2.45) is 0 Å². The Kier molecular flexibility index (Phi) is 5.89. The lowest BCUT2D eigenvalue weighted by molar-refractivity contribution is -0.119. The van der Waals surface area contributed by atoms with Crippen LogP contribution in [-0.2, 0) is 4.79 Å². The van der Waals surface area contributed by atoms with Crippen LogP contribution >= 0.6 is 11.3 Å². The highest BCUT2D eigenvalue weighted by atomic mass is 32.1. The van der Waals surface area contributed by atoms with Crippen LogP contribution in [0.2, 0.25) is 0 Å². The maximum absolute atomic E-state index is 12.3. The van der Waals surface area contributed by atoms with E-state index in [9.17, 15) is 9.59 Å². The molecule has 1 atom stereocenters. The van der Waals surface area contributed by atoms with Crippen LogP contribution in [0.3, 0.4) is 0 Å². The number of carbonyl (C=O) groups is 2. The number of carbonyl (C=O) groups excluding carboxylic acids is 2. The molecule has 0 saturated carbocycles. The average molecular weight is 398 g/mol. The molecule has 0 radical (unpaired) electrons. The molecule has 0 aliphatic heterocycles. The Morgan fingerprint density at radius 3 is 2.46 bits per heavy atom. The van der Waals surface area contributed by atoms with Gasteiger partial charge in [0.25, 0.3) is 5.91 Å². The van der Waals surface area contributed by atoms with Gasteiger partial charge in [-0.2, -0.15) is 0 Å². The Balaban J connectivity index is 1.68. The summed E-state index contributed by atoms with van der Waals surface area (Å²) in [5.41, 5.74) is 3.43. The smallest absolute Gasteiger partial charge is 0.296 e. The fraction of sp³-hybridized carbons (Fsp3) is 0.300. The first-order chi connectivity index (χ1) is 13.3. The van der Waals surface area contributed by atoms with Gasteiger partial charge in [-0.3, -0.25) is 14.9 Å². The Morgan fingerprint density at radius 2 is 1.86 bits per heavy atom. The lowest BCUT2D eigenvalue weighted by Gasteiger charge is -2.12. The van der Waals surface area contributed by atoms with Crippen molar-refractivity contribution in [3.8, 4) is 11.3 Å². The molecule has 2 amide bonds. The summed E-state index contributed by atoms with van der Waals surface area (Å²) < 4.78 is 5.10. The lowest BCUT2D eigenvalue weighted by atomic mass is 10.1. The number of hydrogen-bond donors (Lipinski definition) is 2. The van der Waals surface area contributed by atoms with Crippen molar-refractivity contribution in [2.75, 3.05) is 5.32 Å². The zero-order valence-electron chi connectivity index (χ0n) is 16.1. The third kappa shape index (κ3) is 4.64. The summed E-state index contributed by atoms with van der Waals surface area (Å²) in [6, 6.07) is 9.38. The predicted molar refractivity (Wildman–Crippen MR) is 108 cm³/mol. The molecule has 0 spiro atoms. The van der Waals surface area contributed by atoms with E-state index in [4.69, 9.17) is 4.52 Å². The van der Waals surface area contributed by atoms with Gasteiger partial charge in [-0.1, -0.05) is 43.3 Å². The van der Waals surface area contributed by atoms with Gasteiger partial charge >= 0.3 is 0 Å². The van der Waals surface area contributed by atoms with E-state index in [1.165, 1.54) is 18.3 Å². The molecule has 0 bridgehead atoms. The van der Waals surface area contributed by atoms with E-state index < -0.39 is 0 Å². The molecule has 2 N–H and O–H groups in total. The van der Waals surface area contributed by atoms with E-state index in [0.29, 0.717) is 5.13 Å². The molecule has 8 heteroatoms. The molecular formula is C20H22N4O3S. The normalized spacial score (nSPS) is 12.0. The number of rotatable bonds is 6. The van der Waals surface area contributed by atoms with Crippen LogP contribution < -0.4 is 10.6 Å². The Morgan fingerprint density at radius 1 is 1.14 bits per heavy atom. The molecule has 2 heterocycles. The van der Waals surface area contributed by atoms with Crippen LogP contribution in [-0.4, -0.2) is 22.0 Å². The van der Waals surface area contributed by atoms with Crippen molar-refractivity contribution in [1.82, 2.24) is 15.5 Å². The molecule has 0 aliphatic carbocycles. The molecule has 28 heavy (non-hydrogen) atoms. The second-order valence-corrected chi connectivity index (χ2v) is 7.67. The maximum atomic E-state index is 12.3. The minimum atomic E-state index is -0.375. The van der Waals surface area contributed by atoms with Gasteiger partial charge in [-0.05, 0) is 18.4 Å². The fourth-order valence-corrected chi connectivity index (χ4v) is 3.34. The number of aromatic nitrogens is 2. The Hall–Kier alpha value is -3.00. The van der Waals surface area contributed by atoms with Gasteiger partial charge < -0.3 is 9.84 Å². The molecule has 0 aliphatic rings. The van der Waals surface area contributed by atoms with E-state index in [2.05, 4.69) is 20.8 Å². The van der Waals surface area contributed by atoms with E-state index in [-0.39, 0.29) is 29.5 Å². The molecule has 3 rings (SSSR count). The third-order valence-corrected chi connectivity index (χ3v) is 4.95. The van der Waals surface area contributed by atoms with Crippen molar-refractivity contribution in [2.45, 2.75) is 39.7 Å². The van der Waals surface area contributed by atoms with Crippen LogP contribution in [0, 0.1) is 0 Å². The summed E-state index contributed by atoms with van der Waals surface area (Å²) in [5, 5.41) is 11.8. The van der Waals surface area contributed by atoms with Gasteiger partial charge in [0, 0.05) is 23.9 Å². The monoisotopic (exact) mass is 398 g/mol. The number of amides is 2. The van der Waals surface area contributed by atoms with Gasteiger partial charge in [-0.15, -0.1) is 11.3 Å². The molecule has 0 unspecified atom stereocenters. The van der Waals surface area contributed by atoms with Crippen molar-refractivity contribution in [3.05, 3.63) is 52.7 Å². The first-order valence-corrected chi connectivity index (χ1v) is 9.82. The molecule has 0 fully saturated rings. The van der Waals surface area contributed by atoms with Crippen molar-refractivity contribution in [1.29, 1.82) is 0 Å². The highest BCUT2D eigenvalue weighted by molar-refractivity contribution is 7.14. The minimum absolute atomic E-state index is 0.0607. The van der Waals surface area contributed by atoms with Crippen molar-refractivity contribution in [3.63, 3.8) is 0 Å². The van der Waals surface area contributed by atoms with E-state index >= 15 is 0 Å². The first-order valence-electron chi connectivity index (χ1n) is 8.94. The SMILES string of the molecule is CC(=O)N[C@H](C)c1ccc(-c2csc(NC(=O)c3cc(C(C)C)no3)n2)cc1. The molecule has 1 aromatic carbocycles. The third-order valence-electron chi connectivity index (χ3n) is 4.19. The summed E-state index contributed by atoms with van der Waals surface area (Å²) in [4.78, 5) is 27.9. The zero-order valence-corrected chi connectivity index (χ0v) is 17.0. The second kappa shape index (κ2) is 8.35. The fourth-order valence-electron chi connectivity index (χ4n) is 2.62. The number of hydrogen-bond acceptors (Lipinski definition) is 6. The Labute approximate surface area is 167 Å². The first kappa shape index (κ1) is 19.8. The molecular weight excluding hydrogens is 376 g/mol. The highest BCUT2D eigenvalue weighted by Crippen LogP contribution is 2.26. The van der Waals surface area contributed by atoms with Crippen LogP contribution in [0.5, 0.6) is 0 Å². The van der Waals surface area contributed by atoms with Crippen molar-refractivity contribution >= 4 is 28.3 Å². The minimum Gasteiger partial charge on any atom is -0.351 e. The summed E-state index contributed by atoms with van der Waals surface area (Å²) in [6.07, 6.45) is 0. The highest BCUT2D eigenvalue weighted by Gasteiger charge is 2.16. The number of thiazole rings is 1. The average Bonchev–Trinajstić information content (AvgIpc) is 3.31. The van der Waals surface area contributed by atoms with Crippen LogP contribution in [0.1, 0.15) is 61.5 Å². The number of anilines is 1. The molecule has 146 valence electrons. The topological polar surface area (TPSA) is 97.1 Å². The van der Waals surface area contributed by atoms with Crippen molar-refractivity contribution < 1.29 is 14.1 Å². The molecule has 2 aromatic heterocycles. The molecule has 3 aromatic rings.